The molecule has 2 aromatic heterocycles. The zero-order valence-corrected chi connectivity index (χ0v) is 15.2. The van der Waals surface area contributed by atoms with E-state index in [1.165, 1.54) is 11.8 Å². The minimum atomic E-state index is -0.292. The second-order valence-electron chi connectivity index (χ2n) is 6.71. The number of rotatable bonds is 4. The summed E-state index contributed by atoms with van der Waals surface area (Å²) in [7, 11) is 0. The number of H-pyrrole nitrogens is 1. The Morgan fingerprint density at radius 1 is 1.24 bits per heavy atom. The van der Waals surface area contributed by atoms with E-state index < -0.39 is 0 Å². The SMILES string of the molecule is CC(C)(C)c1ccc(/C=N\NC(=O)c2cn[nH]c2-c2cccs2)cc1. The average molecular weight is 352 g/mol. The van der Waals surface area contributed by atoms with E-state index in [0.717, 1.165) is 10.4 Å². The fourth-order valence-corrected chi connectivity index (χ4v) is 3.10. The highest BCUT2D eigenvalue weighted by atomic mass is 32.1. The van der Waals surface area contributed by atoms with Crippen LogP contribution in [-0.2, 0) is 5.41 Å². The average Bonchev–Trinajstić information content (AvgIpc) is 3.25. The van der Waals surface area contributed by atoms with Crippen molar-refractivity contribution in [3.63, 3.8) is 0 Å². The lowest BCUT2D eigenvalue weighted by Gasteiger charge is -2.18. The molecule has 0 aliphatic rings. The molecule has 0 atom stereocenters. The van der Waals surface area contributed by atoms with E-state index in [0.29, 0.717) is 11.3 Å². The second-order valence-corrected chi connectivity index (χ2v) is 7.65. The summed E-state index contributed by atoms with van der Waals surface area (Å²) in [4.78, 5) is 13.3. The lowest BCUT2D eigenvalue weighted by atomic mass is 9.87. The number of aromatic amines is 1. The number of thiophene rings is 1. The number of amides is 1. The van der Waals surface area contributed by atoms with Crippen molar-refractivity contribution in [3.05, 3.63) is 64.7 Å². The van der Waals surface area contributed by atoms with Gasteiger partial charge in [0.25, 0.3) is 5.91 Å². The zero-order valence-electron chi connectivity index (χ0n) is 14.4. The van der Waals surface area contributed by atoms with Gasteiger partial charge in [0.1, 0.15) is 0 Å². The number of carbonyl (C=O) groups is 1. The summed E-state index contributed by atoms with van der Waals surface area (Å²) < 4.78 is 0. The van der Waals surface area contributed by atoms with Crippen LogP contribution in [0, 0.1) is 0 Å². The number of carbonyl (C=O) groups excluding carboxylic acids is 1. The number of benzene rings is 1. The molecule has 0 radical (unpaired) electrons. The van der Waals surface area contributed by atoms with Crippen molar-refractivity contribution in [3.8, 4) is 10.6 Å². The maximum absolute atomic E-state index is 12.3. The molecule has 3 rings (SSSR count). The van der Waals surface area contributed by atoms with Crippen LogP contribution in [0.2, 0.25) is 0 Å². The first-order valence-electron chi connectivity index (χ1n) is 7.96. The van der Waals surface area contributed by atoms with Crippen molar-refractivity contribution in [1.29, 1.82) is 0 Å². The van der Waals surface area contributed by atoms with Gasteiger partial charge in [-0.05, 0) is 28.0 Å². The molecule has 0 bridgehead atoms. The molecule has 0 fully saturated rings. The smallest absolute Gasteiger partial charge is 0.275 e. The van der Waals surface area contributed by atoms with Crippen molar-refractivity contribution >= 4 is 23.5 Å². The van der Waals surface area contributed by atoms with Gasteiger partial charge in [-0.15, -0.1) is 11.3 Å². The molecule has 0 spiro atoms. The summed E-state index contributed by atoms with van der Waals surface area (Å²) in [6.45, 7) is 6.52. The molecule has 1 amide bonds. The maximum atomic E-state index is 12.3. The lowest BCUT2D eigenvalue weighted by molar-refractivity contribution is 0.0956. The number of hydrogen-bond donors (Lipinski definition) is 2. The molecule has 0 unspecified atom stereocenters. The van der Waals surface area contributed by atoms with Gasteiger partial charge in [-0.25, -0.2) is 5.43 Å². The second kappa shape index (κ2) is 7.03. The predicted molar refractivity (Wildman–Crippen MR) is 102 cm³/mol. The predicted octanol–water partition coefficient (Wildman–Crippen LogP) is 4.20. The minimum Gasteiger partial charge on any atom is -0.276 e. The van der Waals surface area contributed by atoms with Crippen molar-refractivity contribution in [2.45, 2.75) is 26.2 Å². The first kappa shape index (κ1) is 17.1. The first-order valence-corrected chi connectivity index (χ1v) is 8.84. The topological polar surface area (TPSA) is 70.1 Å². The van der Waals surface area contributed by atoms with Crippen molar-refractivity contribution in [1.82, 2.24) is 15.6 Å². The van der Waals surface area contributed by atoms with Crippen LogP contribution >= 0.6 is 11.3 Å². The summed E-state index contributed by atoms with van der Waals surface area (Å²) in [5.74, 6) is -0.292. The summed E-state index contributed by atoms with van der Waals surface area (Å²) in [6.07, 6.45) is 3.15. The van der Waals surface area contributed by atoms with Crippen LogP contribution in [0.5, 0.6) is 0 Å². The van der Waals surface area contributed by atoms with Gasteiger partial charge in [0.15, 0.2) is 0 Å². The van der Waals surface area contributed by atoms with Gasteiger partial charge in [0.05, 0.1) is 28.5 Å². The van der Waals surface area contributed by atoms with Gasteiger partial charge in [0.2, 0.25) is 0 Å². The van der Waals surface area contributed by atoms with Gasteiger partial charge in [-0.2, -0.15) is 10.2 Å². The molecule has 0 aliphatic heterocycles. The molecule has 5 nitrogen and oxygen atoms in total. The molecule has 2 heterocycles. The third kappa shape index (κ3) is 4.03. The van der Waals surface area contributed by atoms with Gasteiger partial charge >= 0.3 is 0 Å². The zero-order chi connectivity index (χ0) is 17.9. The highest BCUT2D eigenvalue weighted by Crippen LogP contribution is 2.25. The first-order chi connectivity index (χ1) is 11.9. The number of hydrogen-bond acceptors (Lipinski definition) is 4. The molecule has 3 aromatic rings. The quantitative estimate of drug-likeness (QED) is 0.546. The summed E-state index contributed by atoms with van der Waals surface area (Å²) in [6, 6.07) is 12.0. The molecule has 128 valence electrons. The van der Waals surface area contributed by atoms with Gasteiger partial charge in [0, 0.05) is 0 Å². The molecule has 6 heteroatoms. The molecular formula is C19H20N4OS. The molecule has 1 aromatic carbocycles. The fourth-order valence-electron chi connectivity index (χ4n) is 2.36. The Balaban J connectivity index is 1.67. The van der Waals surface area contributed by atoms with E-state index in [1.807, 2.05) is 29.6 Å². The van der Waals surface area contributed by atoms with Gasteiger partial charge < -0.3 is 0 Å². The van der Waals surface area contributed by atoms with E-state index in [9.17, 15) is 4.79 Å². The van der Waals surface area contributed by atoms with Crippen molar-refractivity contribution in [2.75, 3.05) is 0 Å². The Kier molecular flexibility index (Phi) is 4.81. The van der Waals surface area contributed by atoms with E-state index >= 15 is 0 Å². The molecular weight excluding hydrogens is 332 g/mol. The van der Waals surface area contributed by atoms with Crippen LogP contribution in [-0.4, -0.2) is 22.3 Å². The van der Waals surface area contributed by atoms with Gasteiger partial charge in [-0.3, -0.25) is 9.89 Å². The molecule has 0 saturated heterocycles. The van der Waals surface area contributed by atoms with Crippen molar-refractivity contribution < 1.29 is 4.79 Å². The number of nitrogens with zero attached hydrogens (tertiary/aromatic N) is 2. The summed E-state index contributed by atoms with van der Waals surface area (Å²) in [5.41, 5.74) is 6.04. The third-order valence-electron chi connectivity index (χ3n) is 3.81. The van der Waals surface area contributed by atoms with Crippen LogP contribution < -0.4 is 5.43 Å². The van der Waals surface area contributed by atoms with Crippen LogP contribution in [0.4, 0.5) is 0 Å². The monoisotopic (exact) mass is 352 g/mol. The summed E-state index contributed by atoms with van der Waals surface area (Å²) >= 11 is 1.55. The van der Waals surface area contributed by atoms with E-state index in [2.05, 4.69) is 53.6 Å². The van der Waals surface area contributed by atoms with E-state index in [4.69, 9.17) is 0 Å². The molecule has 0 saturated carbocycles. The largest absolute Gasteiger partial charge is 0.276 e. The van der Waals surface area contributed by atoms with E-state index in [1.54, 1.807) is 17.6 Å². The van der Waals surface area contributed by atoms with E-state index in [-0.39, 0.29) is 11.3 Å². The van der Waals surface area contributed by atoms with Crippen LogP contribution in [0.15, 0.2) is 53.1 Å². The van der Waals surface area contributed by atoms with Crippen LogP contribution in [0.25, 0.3) is 10.6 Å². The Morgan fingerprint density at radius 2 is 2.00 bits per heavy atom. The Labute approximate surface area is 150 Å². The normalized spacial score (nSPS) is 11.8. The highest BCUT2D eigenvalue weighted by Gasteiger charge is 2.15. The Morgan fingerprint density at radius 3 is 2.64 bits per heavy atom. The minimum absolute atomic E-state index is 0.114. The third-order valence-corrected chi connectivity index (χ3v) is 4.70. The number of aromatic nitrogens is 2. The Hall–Kier alpha value is -2.73. The molecule has 2 N–H and O–H groups in total. The van der Waals surface area contributed by atoms with Crippen LogP contribution in [0.1, 0.15) is 42.3 Å². The van der Waals surface area contributed by atoms with Crippen molar-refractivity contribution in [2.24, 2.45) is 5.10 Å². The standard InChI is InChI=1S/C19H20N4OS/c1-19(2,3)14-8-6-13(7-9-14)11-20-23-18(24)15-12-21-22-17(15)16-5-4-10-25-16/h4-12H,1-3H3,(H,21,22)(H,23,24)/b20-11-. The number of nitrogens with one attached hydrogen (secondary N) is 2. The fraction of sp³-hybridized carbons (Fsp3) is 0.211. The Bertz CT molecular complexity index is 871. The maximum Gasteiger partial charge on any atom is 0.275 e. The van der Waals surface area contributed by atoms with Crippen LogP contribution in [0.3, 0.4) is 0 Å². The highest BCUT2D eigenvalue weighted by molar-refractivity contribution is 7.13. The van der Waals surface area contributed by atoms with Gasteiger partial charge in [-0.1, -0.05) is 51.1 Å². The lowest BCUT2D eigenvalue weighted by Crippen LogP contribution is -2.17. The molecule has 25 heavy (non-hydrogen) atoms. The number of hydrazone groups is 1. The summed E-state index contributed by atoms with van der Waals surface area (Å²) in [5, 5.41) is 12.8. The molecule has 0 aliphatic carbocycles.